The summed E-state index contributed by atoms with van der Waals surface area (Å²) in [6, 6.07) is 4.54. The van der Waals surface area contributed by atoms with Crippen LogP contribution in [0.15, 0.2) is 23.0 Å². The highest BCUT2D eigenvalue weighted by Crippen LogP contribution is 2.26. The lowest BCUT2D eigenvalue weighted by molar-refractivity contribution is -0.144. The fourth-order valence-electron chi connectivity index (χ4n) is 1.54. The first-order valence-electron chi connectivity index (χ1n) is 5.07. The van der Waals surface area contributed by atoms with Crippen LogP contribution in [0.3, 0.4) is 0 Å². The van der Waals surface area contributed by atoms with Gasteiger partial charge >= 0.3 is 6.18 Å². The predicted molar refractivity (Wildman–Crippen MR) is 61.7 cm³/mol. The molecule has 1 aromatic heterocycles. The number of H-pyrrole nitrogens is 1. The lowest BCUT2D eigenvalue weighted by atomic mass is 10.2. The zero-order valence-electron chi connectivity index (χ0n) is 9.67. The molecule has 0 aliphatic heterocycles. The van der Waals surface area contributed by atoms with Gasteiger partial charge in [0, 0.05) is 19.8 Å². The molecule has 96 valence electrons. The molecule has 0 spiro atoms. The minimum atomic E-state index is -4.67. The maximum atomic E-state index is 12.5. The van der Waals surface area contributed by atoms with Gasteiger partial charge in [-0.15, -0.1) is 0 Å². The maximum Gasteiger partial charge on any atom is 0.449 e. The van der Waals surface area contributed by atoms with Crippen molar-refractivity contribution in [2.24, 2.45) is 0 Å². The summed E-state index contributed by atoms with van der Waals surface area (Å²) < 4.78 is 37.5. The second-order valence-electron chi connectivity index (χ2n) is 4.01. The highest BCUT2D eigenvalue weighted by molar-refractivity contribution is 5.81. The van der Waals surface area contributed by atoms with Crippen LogP contribution in [0.25, 0.3) is 10.9 Å². The largest absolute Gasteiger partial charge is 0.449 e. The Morgan fingerprint density at radius 3 is 2.50 bits per heavy atom. The smallest absolute Gasteiger partial charge is 0.378 e. The Morgan fingerprint density at radius 1 is 1.28 bits per heavy atom. The fraction of sp³-hybridized carbons (Fsp3) is 0.273. The number of alkyl halides is 3. The van der Waals surface area contributed by atoms with Gasteiger partial charge in [0.2, 0.25) is 5.82 Å². The number of hydrogen-bond acceptors (Lipinski definition) is 3. The van der Waals surface area contributed by atoms with Crippen LogP contribution in [0.1, 0.15) is 5.82 Å². The zero-order valence-corrected chi connectivity index (χ0v) is 9.67. The van der Waals surface area contributed by atoms with Crippen molar-refractivity contribution in [3.8, 4) is 0 Å². The Morgan fingerprint density at radius 2 is 1.94 bits per heavy atom. The molecule has 18 heavy (non-hydrogen) atoms. The van der Waals surface area contributed by atoms with Crippen LogP contribution in [0, 0.1) is 0 Å². The number of nitrogens with one attached hydrogen (secondary N) is 1. The van der Waals surface area contributed by atoms with E-state index in [1.807, 2.05) is 0 Å². The zero-order chi connectivity index (χ0) is 13.5. The molecule has 1 heterocycles. The van der Waals surface area contributed by atoms with Gasteiger partial charge in [-0.25, -0.2) is 4.98 Å². The summed E-state index contributed by atoms with van der Waals surface area (Å²) in [6.45, 7) is 0. The van der Waals surface area contributed by atoms with Gasteiger partial charge in [0.25, 0.3) is 5.56 Å². The van der Waals surface area contributed by atoms with Gasteiger partial charge in [-0.1, -0.05) is 0 Å². The number of nitrogens with zero attached hydrogens (tertiary/aromatic N) is 2. The molecule has 7 heteroatoms. The summed E-state index contributed by atoms with van der Waals surface area (Å²) >= 11 is 0. The van der Waals surface area contributed by atoms with Crippen LogP contribution in [-0.2, 0) is 6.18 Å². The van der Waals surface area contributed by atoms with Crippen LogP contribution in [0.5, 0.6) is 0 Å². The summed E-state index contributed by atoms with van der Waals surface area (Å²) in [4.78, 5) is 18.4. The number of benzene rings is 1. The highest BCUT2D eigenvalue weighted by Gasteiger charge is 2.34. The van der Waals surface area contributed by atoms with E-state index in [9.17, 15) is 18.0 Å². The van der Waals surface area contributed by atoms with Crippen LogP contribution < -0.4 is 10.5 Å². The molecule has 0 aliphatic rings. The number of aromatic nitrogens is 2. The van der Waals surface area contributed by atoms with Crippen molar-refractivity contribution in [2.75, 3.05) is 19.0 Å². The van der Waals surface area contributed by atoms with Crippen molar-refractivity contribution < 1.29 is 13.2 Å². The number of halogens is 3. The third-order valence-electron chi connectivity index (χ3n) is 2.48. The Labute approximate surface area is 100 Å². The van der Waals surface area contributed by atoms with Crippen molar-refractivity contribution in [1.29, 1.82) is 0 Å². The van der Waals surface area contributed by atoms with Crippen LogP contribution >= 0.6 is 0 Å². The van der Waals surface area contributed by atoms with Gasteiger partial charge in [-0.2, -0.15) is 13.2 Å². The quantitative estimate of drug-likeness (QED) is 0.850. The molecule has 0 saturated carbocycles. The first kappa shape index (κ1) is 12.4. The van der Waals surface area contributed by atoms with E-state index in [-0.39, 0.29) is 10.9 Å². The van der Waals surface area contributed by atoms with Crippen LogP contribution in [0.4, 0.5) is 18.9 Å². The van der Waals surface area contributed by atoms with E-state index >= 15 is 0 Å². The predicted octanol–water partition coefficient (Wildman–Crippen LogP) is 2.01. The molecule has 2 aromatic rings. The summed E-state index contributed by atoms with van der Waals surface area (Å²) in [5.41, 5.74) is -0.0939. The van der Waals surface area contributed by atoms with Gasteiger partial charge in [0.15, 0.2) is 0 Å². The topological polar surface area (TPSA) is 49.0 Å². The van der Waals surface area contributed by atoms with Gasteiger partial charge in [-0.05, 0) is 18.2 Å². The number of rotatable bonds is 1. The number of aromatic amines is 1. The fourth-order valence-corrected chi connectivity index (χ4v) is 1.54. The van der Waals surface area contributed by atoms with E-state index in [2.05, 4.69) is 4.98 Å². The molecular formula is C11H10F3N3O. The van der Waals surface area contributed by atoms with Crippen molar-refractivity contribution in [2.45, 2.75) is 6.18 Å². The van der Waals surface area contributed by atoms with E-state index in [1.54, 1.807) is 30.0 Å². The molecule has 1 N–H and O–H groups in total. The molecule has 0 fully saturated rings. The molecule has 0 bridgehead atoms. The normalized spacial score (nSPS) is 11.8. The van der Waals surface area contributed by atoms with Crippen LogP contribution in [0.2, 0.25) is 0 Å². The second kappa shape index (κ2) is 4.01. The molecule has 0 amide bonds. The van der Waals surface area contributed by atoms with Gasteiger partial charge in [-0.3, -0.25) is 4.79 Å². The molecule has 0 unspecified atom stereocenters. The molecule has 4 nitrogen and oxygen atoms in total. The number of fused-ring (bicyclic) bond motifs is 1. The van der Waals surface area contributed by atoms with Gasteiger partial charge < -0.3 is 9.88 Å². The minimum Gasteiger partial charge on any atom is -0.378 e. The maximum absolute atomic E-state index is 12.5. The Bertz CT molecular complexity index is 646. The molecule has 0 aliphatic carbocycles. The Balaban J connectivity index is 2.73. The highest BCUT2D eigenvalue weighted by atomic mass is 19.4. The van der Waals surface area contributed by atoms with Gasteiger partial charge in [0.1, 0.15) is 0 Å². The van der Waals surface area contributed by atoms with E-state index in [1.165, 1.54) is 12.1 Å². The molecule has 0 atom stereocenters. The second-order valence-corrected chi connectivity index (χ2v) is 4.01. The Kier molecular flexibility index (Phi) is 2.76. The Hall–Kier alpha value is -2.05. The minimum absolute atomic E-state index is 0.0253. The van der Waals surface area contributed by atoms with Crippen molar-refractivity contribution >= 4 is 16.6 Å². The van der Waals surface area contributed by atoms with E-state index < -0.39 is 17.6 Å². The first-order chi connectivity index (χ1) is 8.29. The number of hydrogen-bond donors (Lipinski definition) is 1. The average molecular weight is 257 g/mol. The molecule has 2 rings (SSSR count). The summed E-state index contributed by atoms with van der Waals surface area (Å²) in [5.74, 6) is -1.28. The van der Waals surface area contributed by atoms with Crippen molar-refractivity contribution in [3.63, 3.8) is 0 Å². The molecule has 0 radical (unpaired) electrons. The van der Waals surface area contributed by atoms with Gasteiger partial charge in [0.05, 0.1) is 10.9 Å². The molecular weight excluding hydrogens is 247 g/mol. The summed E-state index contributed by atoms with van der Waals surface area (Å²) in [7, 11) is 3.50. The van der Waals surface area contributed by atoms with Crippen molar-refractivity contribution in [3.05, 3.63) is 34.4 Å². The molecule has 0 saturated heterocycles. The standard InChI is InChI=1S/C11H10F3N3O/c1-17(2)6-3-4-7-8(5-6)15-10(11(12,13)14)16-9(7)18/h3-5H,1-2H3,(H,15,16,18). The summed E-state index contributed by atoms with van der Waals surface area (Å²) in [5, 5.41) is 0.133. The third kappa shape index (κ3) is 2.15. The van der Waals surface area contributed by atoms with Crippen molar-refractivity contribution in [1.82, 2.24) is 9.97 Å². The third-order valence-corrected chi connectivity index (χ3v) is 2.48. The average Bonchev–Trinajstić information content (AvgIpc) is 2.26. The first-order valence-corrected chi connectivity index (χ1v) is 5.07. The SMILES string of the molecule is CN(C)c1ccc2c(=O)[nH]c(C(F)(F)F)nc2c1. The summed E-state index contributed by atoms with van der Waals surface area (Å²) in [6.07, 6.45) is -4.67. The molecule has 1 aromatic carbocycles. The number of anilines is 1. The lowest BCUT2D eigenvalue weighted by Gasteiger charge is -2.13. The van der Waals surface area contributed by atoms with E-state index in [0.29, 0.717) is 5.69 Å². The van der Waals surface area contributed by atoms with E-state index in [4.69, 9.17) is 0 Å². The van der Waals surface area contributed by atoms with Crippen LogP contribution in [-0.4, -0.2) is 24.1 Å². The lowest BCUT2D eigenvalue weighted by Crippen LogP contribution is -2.19. The monoisotopic (exact) mass is 257 g/mol. The van der Waals surface area contributed by atoms with E-state index in [0.717, 1.165) is 0 Å².